The highest BCUT2D eigenvalue weighted by Gasteiger charge is 2.32. The molecule has 1 aromatic carbocycles. The van der Waals surface area contributed by atoms with E-state index in [9.17, 15) is 22.8 Å². The Labute approximate surface area is 225 Å². The first-order valence-corrected chi connectivity index (χ1v) is 14.2. The predicted octanol–water partition coefficient (Wildman–Crippen LogP) is 5.82. The third kappa shape index (κ3) is 6.12. The molecular weight excluding hydrogens is 513 g/mol. The Hall–Kier alpha value is -2.72. The Balaban J connectivity index is 1.54. The van der Waals surface area contributed by atoms with Crippen LogP contribution in [0.4, 0.5) is 13.2 Å². The molecule has 10 heteroatoms. The summed E-state index contributed by atoms with van der Waals surface area (Å²) in [6.07, 6.45) is -1.40. The van der Waals surface area contributed by atoms with Crippen LogP contribution in [0.5, 0.6) is 0 Å². The van der Waals surface area contributed by atoms with Gasteiger partial charge in [-0.3, -0.25) is 9.59 Å². The number of nitrogens with zero attached hydrogens (tertiary/aromatic N) is 2. The summed E-state index contributed by atoms with van der Waals surface area (Å²) in [4.78, 5) is 31.6. The second-order valence-corrected chi connectivity index (χ2v) is 11.0. The molecule has 1 aliphatic heterocycles. The summed E-state index contributed by atoms with van der Waals surface area (Å²) in [6.45, 7) is 7.34. The molecule has 0 aliphatic carbocycles. The van der Waals surface area contributed by atoms with Crippen LogP contribution in [0.25, 0.3) is 10.9 Å². The number of piperidine rings is 1. The molecular formula is C28H35F3N4O2S. The molecule has 0 spiro atoms. The molecule has 38 heavy (non-hydrogen) atoms. The van der Waals surface area contributed by atoms with E-state index in [1.54, 1.807) is 0 Å². The third-order valence-corrected chi connectivity index (χ3v) is 8.50. The van der Waals surface area contributed by atoms with Crippen LogP contribution in [0.15, 0.2) is 40.0 Å². The topological polar surface area (TPSA) is 70.1 Å². The van der Waals surface area contributed by atoms with E-state index in [4.69, 9.17) is 0 Å². The smallest absolute Gasteiger partial charge is 0.348 e. The molecule has 0 radical (unpaired) electrons. The van der Waals surface area contributed by atoms with Crippen LogP contribution in [0.2, 0.25) is 0 Å². The number of amides is 1. The van der Waals surface area contributed by atoms with Crippen molar-refractivity contribution in [2.45, 2.75) is 63.7 Å². The van der Waals surface area contributed by atoms with Gasteiger partial charge in [0, 0.05) is 51.9 Å². The second-order valence-electron chi connectivity index (χ2n) is 10.1. The summed E-state index contributed by atoms with van der Waals surface area (Å²) >= 11 is 1.47. The first kappa shape index (κ1) is 28.3. The highest BCUT2D eigenvalue weighted by atomic mass is 32.2. The van der Waals surface area contributed by atoms with Gasteiger partial charge in [-0.2, -0.15) is 13.2 Å². The Morgan fingerprint density at radius 2 is 1.89 bits per heavy atom. The van der Waals surface area contributed by atoms with Crippen LogP contribution in [0.3, 0.4) is 0 Å². The zero-order valence-electron chi connectivity index (χ0n) is 22.2. The van der Waals surface area contributed by atoms with Gasteiger partial charge in [0.05, 0.1) is 12.0 Å². The van der Waals surface area contributed by atoms with Crippen molar-refractivity contribution in [1.29, 1.82) is 0 Å². The van der Waals surface area contributed by atoms with Crippen molar-refractivity contribution in [2.24, 2.45) is 5.92 Å². The van der Waals surface area contributed by atoms with Crippen LogP contribution < -0.4 is 10.9 Å². The SMILES string of the molecule is CSc1cc(C)[nH]c(=O)c1CNC(=O)c1c(C)n([C@H](C)C2CCN(CCC(F)(F)F)CC2)c2ccccc12. The van der Waals surface area contributed by atoms with Crippen molar-refractivity contribution in [3.63, 3.8) is 0 Å². The van der Waals surface area contributed by atoms with Gasteiger partial charge in [0.25, 0.3) is 11.5 Å². The van der Waals surface area contributed by atoms with E-state index < -0.39 is 12.6 Å². The number of carbonyl (C=O) groups is 1. The molecule has 6 nitrogen and oxygen atoms in total. The normalized spacial score (nSPS) is 16.2. The molecule has 1 fully saturated rings. The fourth-order valence-corrected chi connectivity index (χ4v) is 6.36. The summed E-state index contributed by atoms with van der Waals surface area (Å²) in [5, 5.41) is 3.81. The largest absolute Gasteiger partial charge is 0.390 e. The number of aryl methyl sites for hydroxylation is 1. The minimum absolute atomic E-state index is 0.0441. The number of pyridine rings is 1. The van der Waals surface area contributed by atoms with Crippen molar-refractivity contribution in [3.05, 3.63) is 63.2 Å². The first-order valence-electron chi connectivity index (χ1n) is 12.9. The van der Waals surface area contributed by atoms with E-state index in [-0.39, 0.29) is 36.5 Å². The zero-order valence-corrected chi connectivity index (χ0v) is 23.1. The lowest BCUT2D eigenvalue weighted by atomic mass is 9.90. The highest BCUT2D eigenvalue weighted by Crippen LogP contribution is 2.36. The van der Waals surface area contributed by atoms with E-state index in [0.717, 1.165) is 40.0 Å². The average molecular weight is 549 g/mol. The molecule has 1 saturated heterocycles. The van der Waals surface area contributed by atoms with Crippen molar-refractivity contribution >= 4 is 28.6 Å². The first-order chi connectivity index (χ1) is 18.0. The lowest BCUT2D eigenvalue weighted by Gasteiger charge is -2.36. The Bertz CT molecular complexity index is 1360. The number of alkyl halides is 3. The van der Waals surface area contributed by atoms with Gasteiger partial charge in [0.2, 0.25) is 0 Å². The lowest BCUT2D eigenvalue weighted by molar-refractivity contribution is -0.138. The molecule has 1 aliphatic rings. The van der Waals surface area contributed by atoms with Crippen LogP contribution in [0, 0.1) is 19.8 Å². The number of benzene rings is 1. The molecule has 1 atom stereocenters. The van der Waals surface area contributed by atoms with Gasteiger partial charge in [0.15, 0.2) is 0 Å². The third-order valence-electron chi connectivity index (χ3n) is 7.69. The standard InChI is InChI=1S/C28H35F3N4O2S/c1-17-15-24(38-4)22(26(36)33-17)16-32-27(37)25-19(3)35(23-8-6-5-7-21(23)25)18(2)20-9-12-34(13-10-20)14-11-28(29,30)31/h5-8,15,18,20H,9-14,16H2,1-4H3,(H,32,37)(H,33,36)/t18-/m1/s1. The Morgan fingerprint density at radius 1 is 1.21 bits per heavy atom. The zero-order chi connectivity index (χ0) is 27.6. The monoisotopic (exact) mass is 548 g/mol. The number of nitrogens with one attached hydrogen (secondary N) is 2. The maximum absolute atomic E-state index is 13.5. The van der Waals surface area contributed by atoms with E-state index in [1.807, 2.05) is 55.3 Å². The highest BCUT2D eigenvalue weighted by molar-refractivity contribution is 7.98. The van der Waals surface area contributed by atoms with E-state index in [2.05, 4.69) is 21.8 Å². The minimum Gasteiger partial charge on any atom is -0.348 e. The number of carbonyl (C=O) groups excluding carboxylic acids is 1. The van der Waals surface area contributed by atoms with Gasteiger partial charge in [0.1, 0.15) is 0 Å². The molecule has 206 valence electrons. The molecule has 2 aromatic heterocycles. The van der Waals surface area contributed by atoms with E-state index >= 15 is 0 Å². The fourth-order valence-electron chi connectivity index (χ4n) is 5.65. The van der Waals surface area contributed by atoms with Crippen molar-refractivity contribution < 1.29 is 18.0 Å². The number of fused-ring (bicyclic) bond motifs is 1. The van der Waals surface area contributed by atoms with Crippen molar-refractivity contribution in [1.82, 2.24) is 19.8 Å². The van der Waals surface area contributed by atoms with Gasteiger partial charge in [-0.15, -0.1) is 11.8 Å². The number of hydrogen-bond donors (Lipinski definition) is 2. The molecule has 0 bridgehead atoms. The summed E-state index contributed by atoms with van der Waals surface area (Å²) in [5.41, 5.74) is 3.49. The van der Waals surface area contributed by atoms with E-state index in [1.165, 1.54) is 11.8 Å². The van der Waals surface area contributed by atoms with Crippen molar-refractivity contribution in [2.75, 3.05) is 25.9 Å². The van der Waals surface area contributed by atoms with Gasteiger partial charge in [-0.25, -0.2) is 0 Å². The fraction of sp³-hybridized carbons (Fsp3) is 0.500. The van der Waals surface area contributed by atoms with Gasteiger partial charge < -0.3 is 19.8 Å². The summed E-state index contributed by atoms with van der Waals surface area (Å²) in [6, 6.07) is 9.78. The average Bonchev–Trinajstić information content (AvgIpc) is 3.17. The molecule has 1 amide bonds. The second kappa shape index (κ2) is 11.6. The number of H-pyrrole nitrogens is 1. The van der Waals surface area contributed by atoms with E-state index in [0.29, 0.717) is 24.2 Å². The number of halogens is 3. The maximum Gasteiger partial charge on any atom is 0.390 e. The van der Waals surface area contributed by atoms with Gasteiger partial charge in [-0.05, 0) is 71.0 Å². The molecule has 3 heterocycles. The Morgan fingerprint density at radius 3 is 2.55 bits per heavy atom. The Kier molecular flexibility index (Phi) is 8.62. The molecule has 0 saturated carbocycles. The summed E-state index contributed by atoms with van der Waals surface area (Å²) < 4.78 is 40.1. The van der Waals surface area contributed by atoms with Crippen LogP contribution in [-0.2, 0) is 6.54 Å². The lowest BCUT2D eigenvalue weighted by Crippen LogP contribution is -2.38. The number of thioether (sulfide) groups is 1. The molecule has 0 unspecified atom stereocenters. The molecule has 4 rings (SSSR count). The predicted molar refractivity (Wildman–Crippen MR) is 146 cm³/mol. The number of likely N-dealkylation sites (tertiary alicyclic amines) is 1. The summed E-state index contributed by atoms with van der Waals surface area (Å²) in [5.74, 6) is 0.0523. The number of hydrogen-bond acceptors (Lipinski definition) is 4. The maximum atomic E-state index is 13.5. The summed E-state index contributed by atoms with van der Waals surface area (Å²) in [7, 11) is 0. The van der Waals surface area contributed by atoms with Crippen LogP contribution in [-0.4, -0.2) is 52.4 Å². The van der Waals surface area contributed by atoms with Gasteiger partial charge in [-0.1, -0.05) is 18.2 Å². The molecule has 3 aromatic rings. The van der Waals surface area contributed by atoms with Crippen LogP contribution >= 0.6 is 11.8 Å². The van der Waals surface area contributed by atoms with Gasteiger partial charge >= 0.3 is 6.18 Å². The number of rotatable bonds is 8. The number of aromatic nitrogens is 2. The van der Waals surface area contributed by atoms with Crippen LogP contribution in [0.1, 0.15) is 59.5 Å². The minimum atomic E-state index is -4.13. The quantitative estimate of drug-likeness (QED) is 0.348. The van der Waals surface area contributed by atoms with Crippen molar-refractivity contribution in [3.8, 4) is 0 Å². The molecule has 2 N–H and O–H groups in total. The number of para-hydroxylation sites is 1. The number of aromatic amines is 1.